The molecule has 0 aliphatic rings. The molecule has 0 radical (unpaired) electrons. The summed E-state index contributed by atoms with van der Waals surface area (Å²) in [6.45, 7) is -1.06. The van der Waals surface area contributed by atoms with Gasteiger partial charge in [0, 0.05) is 6.08 Å². The van der Waals surface area contributed by atoms with Gasteiger partial charge in [-0.25, -0.2) is 4.39 Å². The standard InChI is InChI=1S/C13H10F10OS/c14-10(15)3-1-2-8-4-5-9(24-7-6-11(16)17)12(18)13(8)25(19,20,21,22)23/h3-6H,1-2,7H2. The largest absolute Gasteiger partial charge is 0.486 e. The second-order valence-corrected chi connectivity index (χ2v) is 7.02. The maximum atomic E-state index is 14.0. The van der Waals surface area contributed by atoms with Crippen molar-refractivity contribution in [3.63, 3.8) is 0 Å². The highest BCUT2D eigenvalue weighted by Gasteiger charge is 2.68. The van der Waals surface area contributed by atoms with Crippen molar-refractivity contribution in [1.82, 2.24) is 0 Å². The molecule has 0 amide bonds. The van der Waals surface area contributed by atoms with E-state index in [4.69, 9.17) is 0 Å². The molecule has 1 nitrogen and oxygen atoms in total. The molecule has 0 heterocycles. The third kappa shape index (κ3) is 6.52. The molecule has 144 valence electrons. The van der Waals surface area contributed by atoms with Gasteiger partial charge in [-0.1, -0.05) is 25.5 Å². The Balaban J connectivity index is 3.39. The molecule has 1 aromatic rings. The Hall–Kier alpha value is -1.85. The van der Waals surface area contributed by atoms with Crippen LogP contribution in [-0.4, -0.2) is 6.61 Å². The minimum atomic E-state index is -10.5. The summed E-state index contributed by atoms with van der Waals surface area (Å²) in [4.78, 5) is -2.91. The fraction of sp³-hybridized carbons (Fsp3) is 0.231. The van der Waals surface area contributed by atoms with Gasteiger partial charge in [0.2, 0.25) is 0 Å². The number of ether oxygens (including phenoxy) is 1. The van der Waals surface area contributed by atoms with Crippen molar-refractivity contribution in [3.05, 3.63) is 47.8 Å². The third-order valence-electron chi connectivity index (χ3n) is 2.72. The average Bonchev–Trinajstić information content (AvgIpc) is 2.37. The third-order valence-corrected chi connectivity index (χ3v) is 3.93. The first kappa shape index (κ1) is 21.2. The maximum absolute atomic E-state index is 14.0. The smallest absolute Gasteiger partial charge is 0.313 e. The van der Waals surface area contributed by atoms with Gasteiger partial charge < -0.3 is 4.74 Å². The zero-order valence-corrected chi connectivity index (χ0v) is 12.8. The Morgan fingerprint density at radius 3 is 1.96 bits per heavy atom. The van der Waals surface area contributed by atoms with Crippen LogP contribution in [-0.2, 0) is 6.42 Å². The fourth-order valence-corrected chi connectivity index (χ4v) is 2.94. The van der Waals surface area contributed by atoms with E-state index in [9.17, 15) is 41.4 Å². The van der Waals surface area contributed by atoms with Gasteiger partial charge in [0.25, 0.3) is 12.2 Å². The van der Waals surface area contributed by atoms with Crippen molar-refractivity contribution in [3.8, 4) is 5.75 Å². The van der Waals surface area contributed by atoms with E-state index in [-0.39, 0.29) is 12.2 Å². The molecule has 0 aliphatic heterocycles. The molecule has 0 spiro atoms. The molecule has 1 aromatic carbocycles. The number of rotatable bonds is 7. The lowest BCUT2D eigenvalue weighted by Gasteiger charge is -2.42. The quantitative estimate of drug-likeness (QED) is 0.432. The van der Waals surface area contributed by atoms with Crippen molar-refractivity contribution in [1.29, 1.82) is 0 Å². The highest BCUT2D eigenvalue weighted by Crippen LogP contribution is 3.02. The van der Waals surface area contributed by atoms with E-state index < -0.39 is 63.9 Å². The minimum Gasteiger partial charge on any atom is -0.486 e. The molecule has 12 heteroatoms. The summed E-state index contributed by atoms with van der Waals surface area (Å²) >= 11 is 0. The molecule has 0 unspecified atom stereocenters. The Morgan fingerprint density at radius 2 is 1.48 bits per heavy atom. The van der Waals surface area contributed by atoms with E-state index in [1.54, 1.807) is 0 Å². The Kier molecular flexibility index (Phi) is 5.48. The summed E-state index contributed by atoms with van der Waals surface area (Å²) < 4.78 is 131. The lowest BCUT2D eigenvalue weighted by molar-refractivity contribution is 0.314. The van der Waals surface area contributed by atoms with Gasteiger partial charge in [-0.2, -0.15) is 17.6 Å². The zero-order chi connectivity index (χ0) is 19.5. The molecule has 0 bridgehead atoms. The lowest BCUT2D eigenvalue weighted by Crippen LogP contribution is -2.13. The van der Waals surface area contributed by atoms with Gasteiger partial charge in [-0.15, -0.1) is 0 Å². The molecule has 0 saturated heterocycles. The summed E-state index contributed by atoms with van der Waals surface area (Å²) in [6, 6.07) is 0.947. The molecule has 0 aliphatic carbocycles. The van der Waals surface area contributed by atoms with Crippen LogP contribution in [0.25, 0.3) is 0 Å². The Morgan fingerprint density at radius 1 is 0.920 bits per heavy atom. The monoisotopic (exact) mass is 404 g/mol. The van der Waals surface area contributed by atoms with Crippen LogP contribution >= 0.6 is 10.2 Å². The number of hydrogen-bond donors (Lipinski definition) is 0. The van der Waals surface area contributed by atoms with Crippen LogP contribution in [0.3, 0.4) is 0 Å². The van der Waals surface area contributed by atoms with Crippen molar-refractivity contribution in [2.24, 2.45) is 0 Å². The second-order valence-electron chi connectivity index (χ2n) is 4.67. The molecular weight excluding hydrogens is 394 g/mol. The first-order valence-corrected chi connectivity index (χ1v) is 8.27. The Labute approximate surface area is 135 Å². The lowest BCUT2D eigenvalue weighted by atomic mass is 10.1. The topological polar surface area (TPSA) is 9.23 Å². The molecular formula is C13H10F10OS. The predicted octanol–water partition coefficient (Wildman–Crippen LogP) is 7.36. The van der Waals surface area contributed by atoms with Crippen LogP contribution < -0.4 is 4.74 Å². The van der Waals surface area contributed by atoms with Crippen LogP contribution in [0.15, 0.2) is 41.3 Å². The highest BCUT2D eigenvalue weighted by molar-refractivity contribution is 8.45. The van der Waals surface area contributed by atoms with E-state index >= 15 is 0 Å². The van der Waals surface area contributed by atoms with Crippen LogP contribution in [0.5, 0.6) is 5.75 Å². The van der Waals surface area contributed by atoms with Crippen LogP contribution in [0, 0.1) is 5.82 Å². The van der Waals surface area contributed by atoms with E-state index in [0.717, 1.165) is 0 Å². The number of benzene rings is 1. The van der Waals surface area contributed by atoms with Crippen LogP contribution in [0.2, 0.25) is 0 Å². The molecule has 25 heavy (non-hydrogen) atoms. The number of halogens is 10. The normalized spacial score (nSPS) is 14.3. The fourth-order valence-electron chi connectivity index (χ4n) is 1.83. The van der Waals surface area contributed by atoms with E-state index in [1.165, 1.54) is 0 Å². The Bertz CT molecular complexity index is 700. The van der Waals surface area contributed by atoms with Gasteiger partial charge in [-0.05, 0) is 30.5 Å². The van der Waals surface area contributed by atoms with Crippen molar-refractivity contribution < 1.29 is 46.1 Å². The SMILES string of the molecule is FC(F)=CCCc1ccc(OCC=C(F)F)c(F)c1S(F)(F)(F)(F)F. The summed E-state index contributed by atoms with van der Waals surface area (Å²) in [6.07, 6.45) is -5.94. The van der Waals surface area contributed by atoms with E-state index in [2.05, 4.69) is 4.74 Å². The second kappa shape index (κ2) is 6.46. The summed E-state index contributed by atoms with van der Waals surface area (Å²) in [5.74, 6) is -3.81. The van der Waals surface area contributed by atoms with Crippen molar-refractivity contribution >= 4 is 10.2 Å². The summed E-state index contributed by atoms with van der Waals surface area (Å²) in [7, 11) is -10.5. The molecule has 0 saturated carbocycles. The molecule has 0 N–H and O–H groups in total. The zero-order valence-electron chi connectivity index (χ0n) is 12.0. The van der Waals surface area contributed by atoms with E-state index in [0.29, 0.717) is 12.1 Å². The molecule has 0 atom stereocenters. The van der Waals surface area contributed by atoms with Gasteiger partial charge in [0.05, 0.1) is 0 Å². The highest BCUT2D eigenvalue weighted by atomic mass is 32.5. The molecule has 0 aromatic heterocycles. The van der Waals surface area contributed by atoms with Crippen molar-refractivity contribution in [2.75, 3.05) is 6.61 Å². The maximum Gasteiger partial charge on any atom is 0.313 e. The number of allylic oxidation sites excluding steroid dienone is 1. The van der Waals surface area contributed by atoms with Crippen LogP contribution in [0.4, 0.5) is 41.4 Å². The summed E-state index contributed by atoms with van der Waals surface area (Å²) in [5.41, 5.74) is -1.26. The van der Waals surface area contributed by atoms with E-state index in [1.807, 2.05) is 0 Å². The average molecular weight is 404 g/mol. The van der Waals surface area contributed by atoms with Gasteiger partial charge in [0.1, 0.15) is 11.5 Å². The molecule has 1 rings (SSSR count). The summed E-state index contributed by atoms with van der Waals surface area (Å²) in [5, 5.41) is 0. The van der Waals surface area contributed by atoms with Crippen LogP contribution in [0.1, 0.15) is 12.0 Å². The van der Waals surface area contributed by atoms with Crippen molar-refractivity contribution in [2.45, 2.75) is 17.7 Å². The van der Waals surface area contributed by atoms with Gasteiger partial charge in [-0.3, -0.25) is 0 Å². The van der Waals surface area contributed by atoms with Gasteiger partial charge >= 0.3 is 10.2 Å². The predicted molar refractivity (Wildman–Crippen MR) is 72.2 cm³/mol. The molecule has 0 fully saturated rings. The minimum absolute atomic E-state index is 0.0849. The first-order valence-electron chi connectivity index (χ1n) is 6.32. The number of hydrogen-bond acceptors (Lipinski definition) is 1. The van der Waals surface area contributed by atoms with Gasteiger partial charge in [0.15, 0.2) is 11.6 Å². The number of aryl methyl sites for hydroxylation is 1. The first-order chi connectivity index (χ1) is 11.1.